The molecule has 1 saturated carbocycles. The molecule has 0 aromatic carbocycles. The van der Waals surface area contributed by atoms with Crippen LogP contribution in [0.1, 0.15) is 32.1 Å². The van der Waals surface area contributed by atoms with Crippen LogP contribution in [0.25, 0.3) is 0 Å². The summed E-state index contributed by atoms with van der Waals surface area (Å²) >= 11 is 0. The van der Waals surface area contributed by atoms with Crippen LogP contribution in [0.4, 0.5) is 0 Å². The lowest BCUT2D eigenvalue weighted by Crippen LogP contribution is -2.41. The molecule has 0 spiro atoms. The van der Waals surface area contributed by atoms with Gasteiger partial charge in [0.2, 0.25) is 0 Å². The molecule has 0 aliphatic heterocycles. The minimum atomic E-state index is -2.91. The first kappa shape index (κ1) is 15.2. The van der Waals surface area contributed by atoms with Crippen molar-refractivity contribution in [3.63, 3.8) is 0 Å². The first-order chi connectivity index (χ1) is 8.42. The van der Waals surface area contributed by atoms with Crippen LogP contribution in [0, 0.1) is 0 Å². The van der Waals surface area contributed by atoms with Crippen LogP contribution in [0.3, 0.4) is 0 Å². The van der Waals surface area contributed by atoms with Crippen molar-refractivity contribution in [2.75, 3.05) is 25.1 Å². The van der Waals surface area contributed by atoms with Gasteiger partial charge >= 0.3 is 0 Å². The third-order valence-corrected chi connectivity index (χ3v) is 4.33. The van der Waals surface area contributed by atoms with Gasteiger partial charge in [-0.2, -0.15) is 0 Å². The van der Waals surface area contributed by atoms with Crippen molar-refractivity contribution in [2.24, 2.45) is 10.9 Å². The van der Waals surface area contributed by atoms with E-state index in [4.69, 9.17) is 10.9 Å². The molecule has 6 nitrogen and oxygen atoms in total. The van der Waals surface area contributed by atoms with Crippen molar-refractivity contribution >= 4 is 15.7 Å². The number of hydrogen-bond acceptors (Lipinski definition) is 5. The molecule has 1 aliphatic rings. The summed E-state index contributed by atoms with van der Waals surface area (Å²) in [6.07, 6.45) is 6.45. The van der Waals surface area contributed by atoms with Crippen LogP contribution in [-0.2, 0) is 9.84 Å². The molecule has 1 aliphatic carbocycles. The fourth-order valence-corrected chi connectivity index (χ4v) is 3.08. The third kappa shape index (κ3) is 5.68. The van der Waals surface area contributed by atoms with Gasteiger partial charge in [0.15, 0.2) is 5.84 Å². The van der Waals surface area contributed by atoms with Gasteiger partial charge in [-0.1, -0.05) is 18.0 Å². The maximum atomic E-state index is 11.1. The van der Waals surface area contributed by atoms with Crippen LogP contribution in [0.15, 0.2) is 5.16 Å². The highest BCUT2D eigenvalue weighted by atomic mass is 32.2. The van der Waals surface area contributed by atoms with Gasteiger partial charge in [0.05, 0.1) is 12.3 Å². The van der Waals surface area contributed by atoms with E-state index in [2.05, 4.69) is 10.1 Å². The summed E-state index contributed by atoms with van der Waals surface area (Å²) in [7, 11) is -2.91. The molecule has 0 radical (unpaired) electrons. The number of nitrogens with zero attached hydrogens (tertiary/aromatic N) is 2. The number of amidine groups is 1. The molecule has 0 unspecified atom stereocenters. The zero-order valence-electron chi connectivity index (χ0n) is 10.9. The number of hydrogen-bond donors (Lipinski definition) is 2. The lowest BCUT2D eigenvalue weighted by molar-refractivity contribution is 0.223. The Labute approximate surface area is 109 Å². The smallest absolute Gasteiger partial charge is 0.153 e. The summed E-state index contributed by atoms with van der Waals surface area (Å²) in [4.78, 5) is 2.13. The summed E-state index contributed by atoms with van der Waals surface area (Å²) in [5, 5.41) is 11.6. The lowest BCUT2D eigenvalue weighted by atomic mass is 10.2. The van der Waals surface area contributed by atoms with E-state index in [1.54, 1.807) is 0 Å². The second-order valence-corrected chi connectivity index (χ2v) is 7.24. The minimum Gasteiger partial charge on any atom is -0.409 e. The van der Waals surface area contributed by atoms with Crippen molar-refractivity contribution < 1.29 is 13.6 Å². The molecule has 1 fully saturated rings. The van der Waals surface area contributed by atoms with E-state index < -0.39 is 9.84 Å². The van der Waals surface area contributed by atoms with Crippen molar-refractivity contribution in [3.05, 3.63) is 0 Å². The Morgan fingerprint density at radius 3 is 2.56 bits per heavy atom. The molecule has 0 amide bonds. The lowest BCUT2D eigenvalue weighted by Gasteiger charge is -2.28. The van der Waals surface area contributed by atoms with Crippen LogP contribution in [0.5, 0.6) is 0 Å². The normalized spacial score (nSPS) is 18.7. The van der Waals surface area contributed by atoms with E-state index in [9.17, 15) is 8.42 Å². The second kappa shape index (κ2) is 6.94. The summed E-state index contributed by atoms with van der Waals surface area (Å²) < 4.78 is 22.2. The Hall–Kier alpha value is -0.820. The summed E-state index contributed by atoms with van der Waals surface area (Å²) in [6.45, 7) is 1.08. The molecular formula is C11H23N3O3S. The van der Waals surface area contributed by atoms with Crippen molar-refractivity contribution in [3.8, 4) is 0 Å². The van der Waals surface area contributed by atoms with Crippen LogP contribution < -0.4 is 5.73 Å². The topological polar surface area (TPSA) is 96.0 Å². The number of oxime groups is 1. The van der Waals surface area contributed by atoms with Gasteiger partial charge in [-0.05, 0) is 25.8 Å². The summed E-state index contributed by atoms with van der Waals surface area (Å²) in [5.74, 6) is 0.369. The molecular weight excluding hydrogens is 254 g/mol. The van der Waals surface area contributed by atoms with E-state index >= 15 is 0 Å². The van der Waals surface area contributed by atoms with Gasteiger partial charge in [0, 0.05) is 12.3 Å². The van der Waals surface area contributed by atoms with E-state index in [0.717, 1.165) is 12.8 Å². The highest BCUT2D eigenvalue weighted by Gasteiger charge is 2.23. The van der Waals surface area contributed by atoms with Crippen molar-refractivity contribution in [2.45, 2.75) is 38.1 Å². The summed E-state index contributed by atoms with van der Waals surface area (Å²) in [6, 6.07) is 0.435. The van der Waals surface area contributed by atoms with Crippen molar-refractivity contribution in [1.29, 1.82) is 0 Å². The van der Waals surface area contributed by atoms with Crippen molar-refractivity contribution in [1.82, 2.24) is 4.90 Å². The SMILES string of the molecule is CS(=O)(=O)CCCN(CC(N)=NO)C1CCCC1. The molecule has 0 heterocycles. The highest BCUT2D eigenvalue weighted by Crippen LogP contribution is 2.23. The Kier molecular flexibility index (Phi) is 5.87. The second-order valence-electron chi connectivity index (χ2n) is 4.98. The fourth-order valence-electron chi connectivity index (χ4n) is 2.43. The molecule has 0 aromatic heterocycles. The fraction of sp³-hybridized carbons (Fsp3) is 0.909. The van der Waals surface area contributed by atoms with Gasteiger partial charge in [0.1, 0.15) is 9.84 Å². The van der Waals surface area contributed by atoms with Crippen LogP contribution >= 0.6 is 0 Å². The minimum absolute atomic E-state index is 0.182. The highest BCUT2D eigenvalue weighted by molar-refractivity contribution is 7.90. The zero-order valence-corrected chi connectivity index (χ0v) is 11.7. The molecule has 1 rings (SSSR count). The van der Waals surface area contributed by atoms with Gasteiger partial charge in [-0.3, -0.25) is 4.90 Å². The molecule has 0 atom stereocenters. The molecule has 3 N–H and O–H groups in total. The molecule has 0 saturated heterocycles. The molecule has 106 valence electrons. The first-order valence-corrected chi connectivity index (χ1v) is 8.36. The maximum absolute atomic E-state index is 11.1. The van der Waals surface area contributed by atoms with Crippen LogP contribution in [0.2, 0.25) is 0 Å². The average molecular weight is 277 g/mol. The Bertz CT molecular complexity index is 375. The Morgan fingerprint density at radius 2 is 2.06 bits per heavy atom. The molecule has 18 heavy (non-hydrogen) atoms. The predicted molar refractivity (Wildman–Crippen MR) is 71.6 cm³/mol. The van der Waals surface area contributed by atoms with E-state index in [-0.39, 0.29) is 11.6 Å². The van der Waals surface area contributed by atoms with E-state index in [1.165, 1.54) is 19.1 Å². The Morgan fingerprint density at radius 1 is 1.44 bits per heavy atom. The molecule has 0 bridgehead atoms. The molecule has 0 aromatic rings. The maximum Gasteiger partial charge on any atom is 0.153 e. The average Bonchev–Trinajstić information content (AvgIpc) is 2.79. The standard InChI is InChI=1S/C11H23N3O3S/c1-18(16,17)8-4-7-14(9-11(12)13-15)10-5-2-3-6-10/h10,15H,2-9H2,1H3,(H2,12,13). The summed E-state index contributed by atoms with van der Waals surface area (Å²) in [5.41, 5.74) is 5.54. The third-order valence-electron chi connectivity index (χ3n) is 3.30. The van der Waals surface area contributed by atoms with Gasteiger partial charge in [0.25, 0.3) is 0 Å². The Balaban J connectivity index is 2.49. The quantitative estimate of drug-likeness (QED) is 0.304. The van der Waals surface area contributed by atoms with E-state index in [0.29, 0.717) is 25.6 Å². The monoisotopic (exact) mass is 277 g/mol. The number of sulfone groups is 1. The van der Waals surface area contributed by atoms with E-state index in [1.807, 2.05) is 0 Å². The first-order valence-electron chi connectivity index (χ1n) is 6.30. The number of rotatable bonds is 7. The zero-order chi connectivity index (χ0) is 13.6. The van der Waals surface area contributed by atoms with Gasteiger partial charge in [-0.25, -0.2) is 8.42 Å². The van der Waals surface area contributed by atoms with Gasteiger partial charge in [-0.15, -0.1) is 0 Å². The van der Waals surface area contributed by atoms with Crippen LogP contribution in [-0.4, -0.2) is 55.5 Å². The van der Waals surface area contributed by atoms with Gasteiger partial charge < -0.3 is 10.9 Å². The predicted octanol–water partition coefficient (Wildman–Crippen LogP) is 0.412. The molecule has 7 heteroatoms. The largest absolute Gasteiger partial charge is 0.409 e. The number of nitrogens with two attached hydrogens (primary N) is 1.